The average molecular weight is 276 g/mol. The molecule has 112 valence electrons. The number of hydrogen-bond donors (Lipinski definition) is 1. The van der Waals surface area contributed by atoms with Gasteiger partial charge in [-0.15, -0.1) is 0 Å². The van der Waals surface area contributed by atoms with E-state index < -0.39 is 0 Å². The van der Waals surface area contributed by atoms with Crippen LogP contribution in [0.4, 0.5) is 0 Å². The molecule has 2 atom stereocenters. The number of hydrogen-bond acceptors (Lipinski definition) is 3. The summed E-state index contributed by atoms with van der Waals surface area (Å²) in [6.45, 7) is 5.60. The first-order valence-electron chi connectivity index (χ1n) is 8.24. The van der Waals surface area contributed by atoms with Crippen LogP contribution in [-0.2, 0) is 0 Å². The van der Waals surface area contributed by atoms with Gasteiger partial charge in [0.1, 0.15) is 0 Å². The molecule has 1 aromatic heterocycles. The molecule has 2 aliphatic rings. The second-order valence-electron chi connectivity index (χ2n) is 6.45. The van der Waals surface area contributed by atoms with Crippen molar-refractivity contribution in [3.63, 3.8) is 0 Å². The zero-order valence-electron chi connectivity index (χ0n) is 12.9. The lowest BCUT2D eigenvalue weighted by molar-refractivity contribution is 0.180. The molecule has 0 amide bonds. The molecule has 1 aliphatic heterocycles. The van der Waals surface area contributed by atoms with E-state index >= 15 is 0 Å². The highest BCUT2D eigenvalue weighted by molar-refractivity contribution is 5.11. The standard InChI is InChI=1S/C16H28N4/c1-3-17-10-13-6-4-5-9-19(2)16(13)15-11-18-12-20(15)14-7-8-14/h11-14,16-17H,3-10H2,1-2H3. The summed E-state index contributed by atoms with van der Waals surface area (Å²) in [5, 5.41) is 3.57. The molecule has 1 N–H and O–H groups in total. The van der Waals surface area contributed by atoms with E-state index in [4.69, 9.17) is 0 Å². The number of imidazole rings is 1. The Bertz CT molecular complexity index is 424. The molecule has 0 radical (unpaired) electrons. The third-order valence-electron chi connectivity index (χ3n) is 4.85. The summed E-state index contributed by atoms with van der Waals surface area (Å²) in [6, 6.07) is 1.25. The van der Waals surface area contributed by atoms with Crippen LogP contribution < -0.4 is 5.32 Å². The van der Waals surface area contributed by atoms with Crippen molar-refractivity contribution in [3.8, 4) is 0 Å². The summed E-state index contributed by atoms with van der Waals surface area (Å²) in [5.74, 6) is 0.705. The topological polar surface area (TPSA) is 33.1 Å². The Morgan fingerprint density at radius 2 is 2.15 bits per heavy atom. The van der Waals surface area contributed by atoms with Gasteiger partial charge in [-0.25, -0.2) is 4.98 Å². The van der Waals surface area contributed by atoms with E-state index in [0.717, 1.165) is 19.1 Å². The van der Waals surface area contributed by atoms with Crippen molar-refractivity contribution in [1.29, 1.82) is 0 Å². The fourth-order valence-electron chi connectivity index (χ4n) is 3.64. The molecule has 2 fully saturated rings. The van der Waals surface area contributed by atoms with Gasteiger partial charge in [0.2, 0.25) is 0 Å². The van der Waals surface area contributed by atoms with Crippen LogP contribution in [0.25, 0.3) is 0 Å². The minimum Gasteiger partial charge on any atom is -0.330 e. The number of rotatable bonds is 5. The largest absolute Gasteiger partial charge is 0.330 e. The Kier molecular flexibility index (Phi) is 4.41. The predicted molar refractivity (Wildman–Crippen MR) is 81.8 cm³/mol. The van der Waals surface area contributed by atoms with Crippen LogP contribution in [0.2, 0.25) is 0 Å². The molecule has 0 aromatic carbocycles. The lowest BCUT2D eigenvalue weighted by Gasteiger charge is -2.33. The van der Waals surface area contributed by atoms with Crippen molar-refractivity contribution in [3.05, 3.63) is 18.2 Å². The molecular formula is C16H28N4. The van der Waals surface area contributed by atoms with Gasteiger partial charge < -0.3 is 9.88 Å². The van der Waals surface area contributed by atoms with Crippen molar-refractivity contribution >= 4 is 0 Å². The highest BCUT2D eigenvalue weighted by Crippen LogP contribution is 2.40. The summed E-state index contributed by atoms with van der Waals surface area (Å²) in [6.07, 6.45) is 10.8. The molecule has 2 unspecified atom stereocenters. The molecule has 3 rings (SSSR count). The molecule has 1 aliphatic carbocycles. The Labute approximate surface area is 122 Å². The van der Waals surface area contributed by atoms with Crippen LogP contribution in [0.5, 0.6) is 0 Å². The van der Waals surface area contributed by atoms with Gasteiger partial charge >= 0.3 is 0 Å². The Morgan fingerprint density at radius 3 is 2.90 bits per heavy atom. The first kappa shape index (κ1) is 14.1. The second kappa shape index (κ2) is 6.27. The van der Waals surface area contributed by atoms with Gasteiger partial charge in [-0.1, -0.05) is 13.3 Å². The van der Waals surface area contributed by atoms with Gasteiger partial charge in [-0.05, 0) is 58.3 Å². The average Bonchev–Trinajstić information content (AvgIpc) is 3.22. The second-order valence-corrected chi connectivity index (χ2v) is 6.45. The van der Waals surface area contributed by atoms with Crippen molar-refractivity contribution in [2.45, 2.75) is 51.1 Å². The van der Waals surface area contributed by atoms with E-state index in [1.165, 1.54) is 44.3 Å². The van der Waals surface area contributed by atoms with E-state index in [0.29, 0.717) is 12.0 Å². The number of aromatic nitrogens is 2. The maximum atomic E-state index is 4.45. The smallest absolute Gasteiger partial charge is 0.0951 e. The maximum Gasteiger partial charge on any atom is 0.0951 e. The van der Waals surface area contributed by atoms with Crippen LogP contribution in [0.3, 0.4) is 0 Å². The van der Waals surface area contributed by atoms with E-state index in [9.17, 15) is 0 Å². The third-order valence-corrected chi connectivity index (χ3v) is 4.85. The van der Waals surface area contributed by atoms with E-state index in [-0.39, 0.29) is 0 Å². The zero-order valence-corrected chi connectivity index (χ0v) is 12.9. The minimum atomic E-state index is 0.527. The van der Waals surface area contributed by atoms with Gasteiger partial charge in [0, 0.05) is 12.2 Å². The molecule has 1 saturated carbocycles. The summed E-state index contributed by atoms with van der Waals surface area (Å²) in [5.41, 5.74) is 1.44. The number of nitrogens with zero attached hydrogens (tertiary/aromatic N) is 3. The van der Waals surface area contributed by atoms with Crippen molar-refractivity contribution < 1.29 is 0 Å². The first-order chi connectivity index (χ1) is 9.81. The molecule has 1 saturated heterocycles. The monoisotopic (exact) mass is 276 g/mol. The van der Waals surface area contributed by atoms with E-state index in [1.807, 2.05) is 0 Å². The summed E-state index contributed by atoms with van der Waals surface area (Å²) in [7, 11) is 2.29. The molecule has 2 heterocycles. The Balaban J connectivity index is 1.85. The van der Waals surface area contributed by atoms with E-state index in [1.54, 1.807) is 0 Å². The fourth-order valence-corrected chi connectivity index (χ4v) is 3.64. The molecular weight excluding hydrogens is 248 g/mol. The predicted octanol–water partition coefficient (Wildman–Crippen LogP) is 2.60. The van der Waals surface area contributed by atoms with Crippen LogP contribution in [0, 0.1) is 5.92 Å². The van der Waals surface area contributed by atoms with Crippen LogP contribution in [0.1, 0.15) is 56.8 Å². The lowest BCUT2D eigenvalue weighted by atomic mass is 9.92. The molecule has 1 aromatic rings. The molecule has 4 nitrogen and oxygen atoms in total. The first-order valence-corrected chi connectivity index (χ1v) is 8.24. The summed E-state index contributed by atoms with van der Waals surface area (Å²) < 4.78 is 2.45. The minimum absolute atomic E-state index is 0.527. The summed E-state index contributed by atoms with van der Waals surface area (Å²) in [4.78, 5) is 7.01. The zero-order chi connectivity index (χ0) is 13.9. The van der Waals surface area contributed by atoms with Gasteiger partial charge in [0.15, 0.2) is 0 Å². The van der Waals surface area contributed by atoms with Gasteiger partial charge in [-0.3, -0.25) is 4.90 Å². The van der Waals surface area contributed by atoms with Gasteiger partial charge in [0.25, 0.3) is 0 Å². The van der Waals surface area contributed by atoms with Gasteiger partial charge in [-0.2, -0.15) is 0 Å². The van der Waals surface area contributed by atoms with Crippen LogP contribution in [-0.4, -0.2) is 41.1 Å². The van der Waals surface area contributed by atoms with Crippen molar-refractivity contribution in [2.24, 2.45) is 5.92 Å². The molecule has 0 spiro atoms. The van der Waals surface area contributed by atoms with Crippen LogP contribution in [0.15, 0.2) is 12.5 Å². The Morgan fingerprint density at radius 1 is 1.30 bits per heavy atom. The maximum absolute atomic E-state index is 4.45. The third kappa shape index (κ3) is 2.91. The normalized spacial score (nSPS) is 28.5. The van der Waals surface area contributed by atoms with E-state index in [2.05, 4.69) is 46.3 Å². The molecule has 20 heavy (non-hydrogen) atoms. The Hall–Kier alpha value is -0.870. The molecule has 0 bridgehead atoms. The van der Waals surface area contributed by atoms with Crippen LogP contribution >= 0.6 is 0 Å². The highest BCUT2D eigenvalue weighted by atomic mass is 15.2. The number of likely N-dealkylation sites (tertiary alicyclic amines) is 1. The summed E-state index contributed by atoms with van der Waals surface area (Å²) >= 11 is 0. The van der Waals surface area contributed by atoms with Crippen molar-refractivity contribution in [2.75, 3.05) is 26.7 Å². The lowest BCUT2D eigenvalue weighted by Crippen LogP contribution is -2.36. The SMILES string of the molecule is CCNCC1CCCCN(C)C1c1cncn1C1CC1. The van der Waals surface area contributed by atoms with Crippen molar-refractivity contribution in [1.82, 2.24) is 19.8 Å². The highest BCUT2D eigenvalue weighted by Gasteiger charge is 2.34. The quantitative estimate of drug-likeness (QED) is 0.897. The number of nitrogens with one attached hydrogen (secondary N) is 1. The fraction of sp³-hybridized carbons (Fsp3) is 0.812. The van der Waals surface area contributed by atoms with Gasteiger partial charge in [0.05, 0.1) is 18.1 Å². The molecule has 4 heteroatoms.